The maximum Gasteiger partial charge on any atom is 0.335 e. The average Bonchev–Trinajstić information content (AvgIpc) is 2.71. The van der Waals surface area contributed by atoms with Crippen LogP contribution >= 0.6 is 0 Å². The Balaban J connectivity index is 2.42. The van der Waals surface area contributed by atoms with E-state index in [1.54, 1.807) is 18.2 Å². The minimum Gasteiger partial charge on any atom is -0.478 e. The van der Waals surface area contributed by atoms with Crippen LogP contribution in [0.5, 0.6) is 0 Å². The molecular weight excluding hydrogens is 232 g/mol. The number of rotatable bonds is 3. The average molecular weight is 246 g/mol. The van der Waals surface area contributed by atoms with E-state index < -0.39 is 5.97 Å². The van der Waals surface area contributed by atoms with E-state index in [1.807, 2.05) is 13.8 Å². The van der Waals surface area contributed by atoms with Crippen LogP contribution in [0, 0.1) is 0 Å². The number of nitrogens with zero attached hydrogens (tertiary/aromatic N) is 1. The van der Waals surface area contributed by atoms with Crippen molar-refractivity contribution >= 4 is 5.97 Å². The van der Waals surface area contributed by atoms with Crippen molar-refractivity contribution in [1.82, 2.24) is 9.78 Å². The molecule has 0 radical (unpaired) electrons. The highest BCUT2D eigenvalue weighted by Crippen LogP contribution is 2.12. The highest BCUT2D eigenvalue weighted by Gasteiger charge is 2.08. The number of hydrogen-bond donors (Lipinski definition) is 2. The second-order valence-electron chi connectivity index (χ2n) is 4.39. The molecule has 2 aromatic rings. The van der Waals surface area contributed by atoms with Gasteiger partial charge in [-0.3, -0.25) is 9.89 Å². The predicted molar refractivity (Wildman–Crippen MR) is 67.4 cm³/mol. The fourth-order valence-corrected chi connectivity index (χ4v) is 1.65. The van der Waals surface area contributed by atoms with Gasteiger partial charge in [0.1, 0.15) is 0 Å². The molecular formula is C13H14N2O3. The summed E-state index contributed by atoms with van der Waals surface area (Å²) >= 11 is 0. The molecule has 5 nitrogen and oxygen atoms in total. The first-order valence-electron chi connectivity index (χ1n) is 5.64. The van der Waals surface area contributed by atoms with Gasteiger partial charge in [0.2, 0.25) is 0 Å². The van der Waals surface area contributed by atoms with Crippen LogP contribution in [-0.4, -0.2) is 20.9 Å². The van der Waals surface area contributed by atoms with Crippen LogP contribution in [0.4, 0.5) is 0 Å². The molecule has 0 saturated heterocycles. The Labute approximate surface area is 104 Å². The van der Waals surface area contributed by atoms with Crippen LogP contribution in [0.1, 0.15) is 35.8 Å². The van der Waals surface area contributed by atoms with Crippen molar-refractivity contribution in [1.29, 1.82) is 0 Å². The highest BCUT2D eigenvalue weighted by molar-refractivity contribution is 5.87. The van der Waals surface area contributed by atoms with Crippen molar-refractivity contribution in [2.75, 3.05) is 0 Å². The Morgan fingerprint density at radius 3 is 2.33 bits per heavy atom. The Kier molecular flexibility index (Phi) is 3.06. The lowest BCUT2D eigenvalue weighted by molar-refractivity contribution is 0.0697. The number of carbonyl (C=O) groups is 1. The number of H-pyrrole nitrogens is 1. The van der Waals surface area contributed by atoms with E-state index in [1.165, 1.54) is 16.8 Å². The molecule has 0 bridgehead atoms. The first-order valence-corrected chi connectivity index (χ1v) is 5.64. The smallest absolute Gasteiger partial charge is 0.335 e. The van der Waals surface area contributed by atoms with Crippen molar-refractivity contribution in [3.8, 4) is 5.69 Å². The van der Waals surface area contributed by atoms with E-state index in [-0.39, 0.29) is 17.0 Å². The van der Waals surface area contributed by atoms with Gasteiger partial charge in [-0.05, 0) is 30.2 Å². The van der Waals surface area contributed by atoms with Crippen molar-refractivity contribution in [2.45, 2.75) is 19.8 Å². The van der Waals surface area contributed by atoms with E-state index in [0.29, 0.717) is 5.69 Å². The molecule has 0 atom stereocenters. The van der Waals surface area contributed by atoms with Gasteiger partial charge in [-0.2, -0.15) is 0 Å². The zero-order chi connectivity index (χ0) is 13.3. The van der Waals surface area contributed by atoms with Crippen molar-refractivity contribution < 1.29 is 9.90 Å². The summed E-state index contributed by atoms with van der Waals surface area (Å²) in [6.07, 6.45) is 0. The quantitative estimate of drug-likeness (QED) is 0.869. The highest BCUT2D eigenvalue weighted by atomic mass is 16.4. The van der Waals surface area contributed by atoms with E-state index in [0.717, 1.165) is 5.69 Å². The minimum absolute atomic E-state index is 0.151. The van der Waals surface area contributed by atoms with Crippen LogP contribution in [0.15, 0.2) is 35.1 Å². The van der Waals surface area contributed by atoms with Gasteiger partial charge in [0.25, 0.3) is 5.56 Å². The lowest BCUT2D eigenvalue weighted by atomic mass is 10.1. The molecule has 0 amide bonds. The summed E-state index contributed by atoms with van der Waals surface area (Å²) in [4.78, 5) is 22.5. The molecule has 1 aromatic carbocycles. The normalized spacial score (nSPS) is 10.8. The van der Waals surface area contributed by atoms with Crippen LogP contribution in [0.25, 0.3) is 5.69 Å². The predicted octanol–water partition coefficient (Wildman–Crippen LogP) is 1.99. The third-order valence-electron chi connectivity index (χ3n) is 2.73. The topological polar surface area (TPSA) is 75.1 Å². The molecule has 1 aromatic heterocycles. The van der Waals surface area contributed by atoms with Gasteiger partial charge in [0, 0.05) is 11.8 Å². The summed E-state index contributed by atoms with van der Waals surface area (Å²) < 4.78 is 1.40. The SMILES string of the molecule is CC(C)c1cc(=O)n(-c2ccc(C(=O)O)cc2)[nH]1. The molecule has 0 spiro atoms. The zero-order valence-corrected chi connectivity index (χ0v) is 10.2. The van der Waals surface area contributed by atoms with Gasteiger partial charge in [-0.15, -0.1) is 0 Å². The van der Waals surface area contributed by atoms with Crippen LogP contribution in [0.2, 0.25) is 0 Å². The maximum absolute atomic E-state index is 11.8. The Morgan fingerprint density at radius 2 is 1.89 bits per heavy atom. The first kappa shape index (κ1) is 12.2. The van der Waals surface area contributed by atoms with E-state index in [4.69, 9.17) is 5.11 Å². The fourth-order valence-electron chi connectivity index (χ4n) is 1.65. The second kappa shape index (κ2) is 4.52. The maximum atomic E-state index is 11.8. The number of carboxylic acid groups (broad SMARTS) is 1. The Bertz CT molecular complexity index is 620. The Hall–Kier alpha value is -2.30. The molecule has 0 aliphatic heterocycles. The molecule has 94 valence electrons. The lowest BCUT2D eigenvalue weighted by Crippen LogP contribution is -2.13. The molecule has 2 rings (SSSR count). The molecule has 18 heavy (non-hydrogen) atoms. The third kappa shape index (κ3) is 2.20. The summed E-state index contributed by atoms with van der Waals surface area (Å²) in [5.41, 5.74) is 1.52. The van der Waals surface area contributed by atoms with Gasteiger partial charge < -0.3 is 5.11 Å². The van der Waals surface area contributed by atoms with E-state index in [9.17, 15) is 9.59 Å². The van der Waals surface area contributed by atoms with Crippen LogP contribution < -0.4 is 5.56 Å². The molecule has 0 saturated carbocycles. The number of hydrogen-bond acceptors (Lipinski definition) is 2. The molecule has 2 N–H and O–H groups in total. The van der Waals surface area contributed by atoms with Crippen LogP contribution in [-0.2, 0) is 0 Å². The largest absolute Gasteiger partial charge is 0.478 e. The number of nitrogens with one attached hydrogen (secondary N) is 1. The summed E-state index contributed by atoms with van der Waals surface area (Å²) in [7, 11) is 0. The standard InChI is InChI=1S/C13H14N2O3/c1-8(2)11-7-12(16)15(14-11)10-5-3-9(4-6-10)13(17)18/h3-8,14H,1-2H3,(H,17,18). The molecule has 0 unspecified atom stereocenters. The van der Waals surface area contributed by atoms with Crippen molar-refractivity contribution in [2.24, 2.45) is 0 Å². The number of aromatic nitrogens is 2. The van der Waals surface area contributed by atoms with Gasteiger partial charge >= 0.3 is 5.97 Å². The number of benzene rings is 1. The third-order valence-corrected chi connectivity index (χ3v) is 2.73. The minimum atomic E-state index is -0.983. The number of aromatic carboxylic acids is 1. The molecule has 5 heteroatoms. The summed E-state index contributed by atoms with van der Waals surface area (Å²) in [5, 5.41) is 11.8. The fraction of sp³-hybridized carbons (Fsp3) is 0.231. The summed E-state index contributed by atoms with van der Waals surface area (Å²) in [6.45, 7) is 3.98. The lowest BCUT2D eigenvalue weighted by Gasteiger charge is -2.04. The number of aromatic amines is 1. The molecule has 0 aliphatic carbocycles. The summed E-state index contributed by atoms with van der Waals surface area (Å²) in [5.74, 6) is -0.750. The zero-order valence-electron chi connectivity index (χ0n) is 10.2. The summed E-state index contributed by atoms with van der Waals surface area (Å²) in [6, 6.07) is 7.70. The van der Waals surface area contributed by atoms with E-state index in [2.05, 4.69) is 5.10 Å². The van der Waals surface area contributed by atoms with Crippen LogP contribution in [0.3, 0.4) is 0 Å². The molecule has 1 heterocycles. The molecule has 0 fully saturated rings. The second-order valence-corrected chi connectivity index (χ2v) is 4.39. The van der Waals surface area contributed by atoms with Gasteiger partial charge in [0.15, 0.2) is 0 Å². The molecule has 0 aliphatic rings. The first-order chi connectivity index (χ1) is 8.49. The monoisotopic (exact) mass is 246 g/mol. The van der Waals surface area contributed by atoms with Crippen molar-refractivity contribution in [3.05, 3.63) is 51.9 Å². The van der Waals surface area contributed by atoms with Gasteiger partial charge in [0.05, 0.1) is 11.3 Å². The van der Waals surface area contributed by atoms with Crippen molar-refractivity contribution in [3.63, 3.8) is 0 Å². The Morgan fingerprint density at radius 1 is 1.28 bits per heavy atom. The van der Waals surface area contributed by atoms with E-state index >= 15 is 0 Å². The van der Waals surface area contributed by atoms with Gasteiger partial charge in [-0.1, -0.05) is 13.8 Å². The van der Waals surface area contributed by atoms with Gasteiger partial charge in [-0.25, -0.2) is 9.48 Å². The number of carboxylic acids is 1.